The Labute approximate surface area is 232 Å². The quantitative estimate of drug-likeness (QED) is 0.220. The van der Waals surface area contributed by atoms with Crippen LogP contribution in [0, 0.1) is 0 Å². The minimum absolute atomic E-state index is 0.0818. The van der Waals surface area contributed by atoms with Crippen molar-refractivity contribution in [1.29, 1.82) is 0 Å². The summed E-state index contributed by atoms with van der Waals surface area (Å²) < 4.78 is 25.1. The molecule has 0 saturated heterocycles. The summed E-state index contributed by atoms with van der Waals surface area (Å²) in [6.45, 7) is 1.83. The molecule has 5 nitrogen and oxygen atoms in total. The van der Waals surface area contributed by atoms with Gasteiger partial charge in [0, 0.05) is 16.1 Å². The number of benzene rings is 4. The van der Waals surface area contributed by atoms with Gasteiger partial charge in [-0.15, -0.1) is 0 Å². The zero-order chi connectivity index (χ0) is 26.3. The lowest BCUT2D eigenvalue weighted by molar-refractivity contribution is 0.272. The largest absolute Gasteiger partial charge is 0.492 e. The number of methoxy groups -OCH3 is 2. The van der Waals surface area contributed by atoms with Crippen molar-refractivity contribution in [1.82, 2.24) is 5.32 Å². The van der Waals surface area contributed by atoms with Crippen LogP contribution in [0.1, 0.15) is 33.9 Å². The van der Waals surface area contributed by atoms with Crippen molar-refractivity contribution in [3.05, 3.63) is 117 Å². The fourth-order valence-corrected chi connectivity index (χ4v) is 5.32. The second-order valence-electron chi connectivity index (χ2n) is 9.27. The van der Waals surface area contributed by atoms with Crippen LogP contribution in [0.25, 0.3) is 0 Å². The molecule has 4 aromatic rings. The van der Waals surface area contributed by atoms with Gasteiger partial charge in [0.05, 0.1) is 14.2 Å². The number of fused-ring (bicyclic) bond motifs is 1. The third-order valence-electron chi connectivity index (χ3n) is 6.82. The highest BCUT2D eigenvalue weighted by Crippen LogP contribution is 2.46. The van der Waals surface area contributed by atoms with Gasteiger partial charge in [-0.1, -0.05) is 76.6 Å². The van der Waals surface area contributed by atoms with E-state index in [1.165, 1.54) is 11.1 Å². The molecule has 4 aromatic carbocycles. The van der Waals surface area contributed by atoms with Crippen molar-refractivity contribution in [3.63, 3.8) is 0 Å². The molecule has 196 valence electrons. The van der Waals surface area contributed by atoms with E-state index in [9.17, 15) is 0 Å². The van der Waals surface area contributed by atoms with Crippen molar-refractivity contribution in [2.75, 3.05) is 20.8 Å². The molecular weight excluding hydrogens is 542 g/mol. The van der Waals surface area contributed by atoms with Gasteiger partial charge in [-0.25, -0.2) is 0 Å². The summed E-state index contributed by atoms with van der Waals surface area (Å²) in [5.74, 6) is 2.92. The first kappa shape index (κ1) is 26.1. The summed E-state index contributed by atoms with van der Waals surface area (Å²) >= 11 is 3.76. The second-order valence-corrected chi connectivity index (χ2v) is 10.1. The molecule has 0 saturated carbocycles. The zero-order valence-electron chi connectivity index (χ0n) is 21.7. The van der Waals surface area contributed by atoms with Crippen LogP contribution in [0.5, 0.6) is 23.0 Å². The molecule has 0 bridgehead atoms. The van der Waals surface area contributed by atoms with Gasteiger partial charge in [0.15, 0.2) is 11.5 Å². The molecule has 0 radical (unpaired) electrons. The number of hydrogen-bond donors (Lipinski definition) is 1. The van der Waals surface area contributed by atoms with E-state index < -0.39 is 0 Å². The Hall–Kier alpha value is -3.48. The van der Waals surface area contributed by atoms with E-state index in [1.54, 1.807) is 14.2 Å². The normalized spacial score (nSPS) is 14.4. The Balaban J connectivity index is 1.41. The summed E-state index contributed by atoms with van der Waals surface area (Å²) in [4.78, 5) is 0. The second kappa shape index (κ2) is 12.4. The van der Waals surface area contributed by atoms with E-state index in [0.717, 1.165) is 52.0 Å². The summed E-state index contributed by atoms with van der Waals surface area (Å²) in [5.41, 5.74) is 5.73. The fourth-order valence-electron chi connectivity index (χ4n) is 4.92. The molecule has 1 aliphatic rings. The summed E-state index contributed by atoms with van der Waals surface area (Å²) in [5, 5.41) is 3.70. The van der Waals surface area contributed by atoms with Crippen LogP contribution in [-0.2, 0) is 26.1 Å². The highest BCUT2D eigenvalue weighted by molar-refractivity contribution is 9.10. The van der Waals surface area contributed by atoms with Gasteiger partial charge in [0.1, 0.15) is 19.0 Å². The average molecular weight is 575 g/mol. The predicted molar refractivity (Wildman–Crippen MR) is 153 cm³/mol. The molecular formula is C32H32BrNO4. The van der Waals surface area contributed by atoms with E-state index >= 15 is 0 Å². The number of ether oxygens (including phenoxy) is 4. The maximum atomic E-state index is 6.28. The Kier molecular flexibility index (Phi) is 8.51. The lowest BCUT2D eigenvalue weighted by atomic mass is 9.89. The fraction of sp³-hybridized carbons (Fsp3) is 0.250. The van der Waals surface area contributed by atoms with Gasteiger partial charge in [-0.3, -0.25) is 0 Å². The molecule has 0 aliphatic carbocycles. The SMILES string of the molecule is COc1c(OCc2ccccc2)cc2c(c1OC)CCNC2Cc1cc(OCc2ccccc2)ccc1Br. The van der Waals surface area contributed by atoms with Gasteiger partial charge in [0.25, 0.3) is 0 Å². The topological polar surface area (TPSA) is 49.0 Å². The molecule has 0 amide bonds. The lowest BCUT2D eigenvalue weighted by Gasteiger charge is -2.30. The van der Waals surface area contributed by atoms with Crippen molar-refractivity contribution < 1.29 is 18.9 Å². The Morgan fingerprint density at radius 3 is 2.11 bits per heavy atom. The molecule has 1 aliphatic heterocycles. The summed E-state index contributed by atoms with van der Waals surface area (Å²) in [6, 6.07) is 28.7. The van der Waals surface area contributed by atoms with Gasteiger partial charge in [0.2, 0.25) is 5.75 Å². The molecule has 1 N–H and O–H groups in total. The molecule has 1 unspecified atom stereocenters. The first-order valence-corrected chi connectivity index (χ1v) is 13.6. The molecule has 1 heterocycles. The lowest BCUT2D eigenvalue weighted by Crippen LogP contribution is -2.31. The van der Waals surface area contributed by atoms with Crippen LogP contribution < -0.4 is 24.3 Å². The van der Waals surface area contributed by atoms with Gasteiger partial charge in [-0.2, -0.15) is 0 Å². The standard InChI is InChI=1S/C32H32BrNO4/c1-35-31-26-15-16-34-29(27(26)19-30(32(31)36-2)38-21-23-11-7-4-8-12-23)18-24-17-25(13-14-28(24)33)37-20-22-9-5-3-6-10-22/h3-14,17,19,29,34H,15-16,18,20-21H2,1-2H3. The number of rotatable bonds is 10. The summed E-state index contributed by atoms with van der Waals surface area (Å²) in [6.07, 6.45) is 1.63. The third-order valence-corrected chi connectivity index (χ3v) is 7.59. The maximum Gasteiger partial charge on any atom is 0.203 e. The number of halogens is 1. The summed E-state index contributed by atoms with van der Waals surface area (Å²) in [7, 11) is 3.36. The smallest absolute Gasteiger partial charge is 0.203 e. The minimum Gasteiger partial charge on any atom is -0.492 e. The van der Waals surface area contributed by atoms with Gasteiger partial charge in [-0.05, 0) is 65.9 Å². The predicted octanol–water partition coefficient (Wildman–Crippen LogP) is 7.05. The van der Waals surface area contributed by atoms with E-state index in [-0.39, 0.29) is 6.04 Å². The monoisotopic (exact) mass is 573 g/mol. The Bertz CT molecular complexity index is 1360. The molecule has 38 heavy (non-hydrogen) atoms. The zero-order valence-corrected chi connectivity index (χ0v) is 23.3. The highest BCUT2D eigenvalue weighted by Gasteiger charge is 2.28. The van der Waals surface area contributed by atoms with E-state index in [2.05, 4.69) is 63.7 Å². The molecule has 6 heteroatoms. The molecule has 1 atom stereocenters. The Morgan fingerprint density at radius 1 is 0.789 bits per heavy atom. The van der Waals surface area contributed by atoms with Crippen LogP contribution in [0.4, 0.5) is 0 Å². The van der Waals surface area contributed by atoms with Crippen LogP contribution in [-0.4, -0.2) is 20.8 Å². The maximum absolute atomic E-state index is 6.28. The first-order valence-electron chi connectivity index (χ1n) is 12.8. The van der Waals surface area contributed by atoms with Gasteiger partial charge >= 0.3 is 0 Å². The van der Waals surface area contributed by atoms with Crippen molar-refractivity contribution in [3.8, 4) is 23.0 Å². The first-order chi connectivity index (χ1) is 18.7. The van der Waals surface area contributed by atoms with Crippen LogP contribution in [0.15, 0.2) is 89.4 Å². The molecule has 0 spiro atoms. The molecule has 5 rings (SSSR count). The van der Waals surface area contributed by atoms with E-state index in [1.807, 2.05) is 42.5 Å². The van der Waals surface area contributed by atoms with E-state index in [0.29, 0.717) is 24.7 Å². The molecule has 0 fully saturated rings. The highest BCUT2D eigenvalue weighted by atomic mass is 79.9. The number of hydrogen-bond acceptors (Lipinski definition) is 5. The van der Waals surface area contributed by atoms with E-state index in [4.69, 9.17) is 18.9 Å². The van der Waals surface area contributed by atoms with Crippen molar-refractivity contribution in [2.45, 2.75) is 32.1 Å². The number of nitrogens with one attached hydrogen (secondary N) is 1. The third kappa shape index (κ3) is 5.98. The minimum atomic E-state index is 0.0818. The average Bonchev–Trinajstić information content (AvgIpc) is 2.97. The van der Waals surface area contributed by atoms with Crippen molar-refractivity contribution >= 4 is 15.9 Å². The Morgan fingerprint density at radius 2 is 1.45 bits per heavy atom. The van der Waals surface area contributed by atoms with Crippen LogP contribution in [0.2, 0.25) is 0 Å². The molecule has 0 aromatic heterocycles. The van der Waals surface area contributed by atoms with Gasteiger partial charge < -0.3 is 24.3 Å². The van der Waals surface area contributed by atoms with Crippen LogP contribution >= 0.6 is 15.9 Å². The van der Waals surface area contributed by atoms with Crippen molar-refractivity contribution in [2.24, 2.45) is 0 Å². The van der Waals surface area contributed by atoms with Crippen LogP contribution in [0.3, 0.4) is 0 Å².